The molecule has 0 spiro atoms. The average Bonchev–Trinajstić information content (AvgIpc) is 3.04. The zero-order valence-electron chi connectivity index (χ0n) is 14.1. The lowest BCUT2D eigenvalue weighted by molar-refractivity contribution is -0.113. The SMILES string of the molecule is Br.O=C1N=C(N2CCOCC2)SC1=Cc1ccc(-c2ccccc2)cc1. The van der Waals surface area contributed by atoms with Crippen LogP contribution in [0.15, 0.2) is 64.5 Å². The first-order chi connectivity index (χ1) is 12.3. The summed E-state index contributed by atoms with van der Waals surface area (Å²) in [6, 6.07) is 18.5. The van der Waals surface area contributed by atoms with E-state index in [0.29, 0.717) is 18.1 Å². The maximum absolute atomic E-state index is 12.2. The van der Waals surface area contributed by atoms with Crippen LogP contribution in [-0.4, -0.2) is 42.3 Å². The van der Waals surface area contributed by atoms with Crippen molar-refractivity contribution in [1.29, 1.82) is 0 Å². The molecular weight excluding hydrogens is 412 g/mol. The third-order valence-electron chi connectivity index (χ3n) is 4.21. The van der Waals surface area contributed by atoms with E-state index >= 15 is 0 Å². The Kier molecular flexibility index (Phi) is 6.29. The second kappa shape index (κ2) is 8.66. The van der Waals surface area contributed by atoms with Crippen molar-refractivity contribution in [3.63, 3.8) is 0 Å². The minimum Gasteiger partial charge on any atom is -0.378 e. The molecule has 2 aromatic rings. The van der Waals surface area contributed by atoms with Crippen LogP contribution in [0.25, 0.3) is 17.2 Å². The summed E-state index contributed by atoms with van der Waals surface area (Å²) in [5.74, 6) is -0.154. The Balaban J connectivity index is 0.00000196. The number of carbonyl (C=O) groups excluding carboxylic acids is 1. The van der Waals surface area contributed by atoms with Crippen molar-refractivity contribution in [3.05, 3.63) is 65.1 Å². The molecule has 0 aliphatic carbocycles. The van der Waals surface area contributed by atoms with Gasteiger partial charge in [0.25, 0.3) is 5.91 Å². The summed E-state index contributed by atoms with van der Waals surface area (Å²) in [5.41, 5.74) is 3.36. The van der Waals surface area contributed by atoms with Crippen LogP contribution in [-0.2, 0) is 9.53 Å². The molecule has 0 saturated carbocycles. The lowest BCUT2D eigenvalue weighted by atomic mass is 10.0. The maximum Gasteiger partial charge on any atom is 0.286 e. The largest absolute Gasteiger partial charge is 0.378 e. The molecule has 0 bridgehead atoms. The number of amidine groups is 1. The number of hydrogen-bond donors (Lipinski definition) is 0. The molecule has 2 aliphatic heterocycles. The fourth-order valence-corrected chi connectivity index (χ4v) is 3.81. The molecule has 0 radical (unpaired) electrons. The van der Waals surface area contributed by atoms with Gasteiger partial charge in [-0.15, -0.1) is 17.0 Å². The smallest absolute Gasteiger partial charge is 0.286 e. The van der Waals surface area contributed by atoms with Gasteiger partial charge in [0.1, 0.15) is 0 Å². The van der Waals surface area contributed by atoms with Crippen molar-refractivity contribution in [3.8, 4) is 11.1 Å². The molecule has 2 heterocycles. The van der Waals surface area contributed by atoms with Crippen LogP contribution in [0.3, 0.4) is 0 Å². The maximum atomic E-state index is 12.2. The van der Waals surface area contributed by atoms with Crippen LogP contribution in [0.5, 0.6) is 0 Å². The summed E-state index contributed by atoms with van der Waals surface area (Å²) in [6.45, 7) is 2.96. The topological polar surface area (TPSA) is 41.9 Å². The summed E-state index contributed by atoms with van der Waals surface area (Å²) in [6.07, 6.45) is 1.92. The number of halogens is 1. The second-order valence-electron chi connectivity index (χ2n) is 5.90. The summed E-state index contributed by atoms with van der Waals surface area (Å²) < 4.78 is 5.35. The van der Waals surface area contributed by atoms with Crippen LogP contribution in [0, 0.1) is 0 Å². The van der Waals surface area contributed by atoms with Crippen LogP contribution in [0.1, 0.15) is 5.56 Å². The molecule has 2 aliphatic rings. The fourth-order valence-electron chi connectivity index (χ4n) is 2.84. The van der Waals surface area contributed by atoms with Gasteiger partial charge < -0.3 is 9.64 Å². The molecule has 0 N–H and O–H groups in total. The molecule has 1 fully saturated rings. The fraction of sp³-hybridized carbons (Fsp3) is 0.200. The normalized spacial score (nSPS) is 18.6. The number of thioether (sulfide) groups is 1. The van der Waals surface area contributed by atoms with Gasteiger partial charge >= 0.3 is 0 Å². The number of morpholine rings is 1. The highest BCUT2D eigenvalue weighted by Gasteiger charge is 2.27. The zero-order valence-corrected chi connectivity index (χ0v) is 16.7. The van der Waals surface area contributed by atoms with E-state index in [1.165, 1.54) is 22.9 Å². The zero-order chi connectivity index (χ0) is 17.1. The second-order valence-corrected chi connectivity index (χ2v) is 6.91. The van der Waals surface area contributed by atoms with Crippen LogP contribution >= 0.6 is 28.7 Å². The van der Waals surface area contributed by atoms with E-state index in [1.54, 1.807) is 0 Å². The number of carbonyl (C=O) groups is 1. The highest BCUT2D eigenvalue weighted by Crippen LogP contribution is 2.31. The number of benzene rings is 2. The van der Waals surface area contributed by atoms with Gasteiger partial charge in [0.05, 0.1) is 18.1 Å². The number of ether oxygens (including phenoxy) is 1. The Bertz CT molecular complexity index is 829. The van der Waals surface area contributed by atoms with Gasteiger partial charge in [-0.2, -0.15) is 4.99 Å². The van der Waals surface area contributed by atoms with E-state index in [2.05, 4.69) is 34.2 Å². The van der Waals surface area contributed by atoms with Gasteiger partial charge in [0.2, 0.25) is 0 Å². The van der Waals surface area contributed by atoms with Crippen molar-refractivity contribution in [1.82, 2.24) is 4.90 Å². The first-order valence-electron chi connectivity index (χ1n) is 8.30. The van der Waals surface area contributed by atoms with Gasteiger partial charge in [-0.1, -0.05) is 54.6 Å². The predicted molar refractivity (Wildman–Crippen MR) is 113 cm³/mol. The van der Waals surface area contributed by atoms with Crippen LogP contribution in [0.2, 0.25) is 0 Å². The predicted octanol–water partition coefficient (Wildman–Crippen LogP) is 4.23. The summed E-state index contributed by atoms with van der Waals surface area (Å²) >= 11 is 1.45. The summed E-state index contributed by atoms with van der Waals surface area (Å²) in [4.78, 5) is 19.2. The van der Waals surface area contributed by atoms with Gasteiger partial charge in [0.15, 0.2) is 5.17 Å². The monoisotopic (exact) mass is 430 g/mol. The number of nitrogens with zero attached hydrogens (tertiary/aromatic N) is 2. The third kappa shape index (κ3) is 4.26. The molecule has 0 atom stereocenters. The molecule has 4 nitrogen and oxygen atoms in total. The van der Waals surface area contributed by atoms with Gasteiger partial charge in [-0.3, -0.25) is 4.79 Å². The molecule has 134 valence electrons. The number of amides is 1. The highest BCUT2D eigenvalue weighted by molar-refractivity contribution is 8.93. The van der Waals surface area contributed by atoms with Crippen molar-refractivity contribution in [2.24, 2.45) is 4.99 Å². The Morgan fingerprint density at radius 3 is 2.31 bits per heavy atom. The average molecular weight is 431 g/mol. The minimum absolute atomic E-state index is 0. The lowest BCUT2D eigenvalue weighted by Crippen LogP contribution is -2.38. The molecule has 1 saturated heterocycles. The number of rotatable bonds is 2. The van der Waals surface area contributed by atoms with Crippen molar-refractivity contribution in [2.75, 3.05) is 26.3 Å². The minimum atomic E-state index is -0.154. The van der Waals surface area contributed by atoms with Crippen molar-refractivity contribution in [2.45, 2.75) is 0 Å². The molecule has 4 rings (SSSR count). The highest BCUT2D eigenvalue weighted by atomic mass is 79.9. The molecule has 1 amide bonds. The third-order valence-corrected chi connectivity index (χ3v) is 5.25. The van der Waals surface area contributed by atoms with E-state index in [1.807, 2.05) is 36.4 Å². The molecule has 6 heteroatoms. The first kappa shape index (κ1) is 18.9. The lowest BCUT2D eigenvalue weighted by Gasteiger charge is -2.27. The molecule has 2 aromatic carbocycles. The van der Waals surface area contributed by atoms with Crippen LogP contribution < -0.4 is 0 Å². The molecule has 26 heavy (non-hydrogen) atoms. The van der Waals surface area contributed by atoms with Crippen LogP contribution in [0.4, 0.5) is 0 Å². The van der Waals surface area contributed by atoms with E-state index < -0.39 is 0 Å². The Morgan fingerprint density at radius 2 is 1.62 bits per heavy atom. The van der Waals surface area contributed by atoms with E-state index in [4.69, 9.17) is 4.74 Å². The summed E-state index contributed by atoms with van der Waals surface area (Å²) in [5, 5.41) is 0.792. The van der Waals surface area contributed by atoms with Gasteiger partial charge in [-0.05, 0) is 34.5 Å². The molecule has 0 unspecified atom stereocenters. The molecular formula is C20H19BrN2O2S. The van der Waals surface area contributed by atoms with Gasteiger partial charge in [-0.25, -0.2) is 0 Å². The van der Waals surface area contributed by atoms with Crippen molar-refractivity contribution >= 4 is 45.9 Å². The standard InChI is InChI=1S/C20H18N2O2S.BrH/c23-19-18(25-20(21-19)22-10-12-24-13-11-22)14-15-6-8-17(9-7-15)16-4-2-1-3-5-16;/h1-9,14H,10-13H2;1H. The van der Waals surface area contributed by atoms with E-state index in [0.717, 1.165) is 23.8 Å². The summed E-state index contributed by atoms with van der Waals surface area (Å²) in [7, 11) is 0. The Morgan fingerprint density at radius 1 is 0.962 bits per heavy atom. The van der Waals surface area contributed by atoms with Crippen molar-refractivity contribution < 1.29 is 9.53 Å². The first-order valence-corrected chi connectivity index (χ1v) is 9.12. The Labute approximate surface area is 167 Å². The Hall–Kier alpha value is -1.89. The van der Waals surface area contributed by atoms with E-state index in [-0.39, 0.29) is 22.9 Å². The molecule has 0 aromatic heterocycles. The number of aliphatic imine (C=N–C) groups is 1. The number of hydrogen-bond acceptors (Lipinski definition) is 4. The quantitative estimate of drug-likeness (QED) is 0.668. The van der Waals surface area contributed by atoms with Gasteiger partial charge in [0, 0.05) is 13.1 Å². The van der Waals surface area contributed by atoms with E-state index in [9.17, 15) is 4.79 Å².